The fourth-order valence-corrected chi connectivity index (χ4v) is 3.60. The highest BCUT2D eigenvalue weighted by Gasteiger charge is 2.30. The Morgan fingerprint density at radius 3 is 2.50 bits per heavy atom. The number of pyridine rings is 2. The predicted molar refractivity (Wildman–Crippen MR) is 92.0 cm³/mol. The molecule has 0 spiro atoms. The number of aliphatic hydroxyl groups excluding tert-OH is 1. The van der Waals surface area contributed by atoms with Crippen LogP contribution in [0.2, 0.25) is 0 Å². The summed E-state index contributed by atoms with van der Waals surface area (Å²) in [5, 5.41) is 10.9. The van der Waals surface area contributed by atoms with Crippen LogP contribution >= 0.6 is 0 Å². The molecule has 0 radical (unpaired) electrons. The zero-order valence-corrected chi connectivity index (χ0v) is 14.7. The SMILES string of the molecule is CC(C)C1=C(C(O)c2ccc(S(C)(=O)=O)nc2)c2ncccc2C1. The Morgan fingerprint density at radius 1 is 1.17 bits per heavy atom. The predicted octanol–water partition coefficient (Wildman–Crippen LogP) is 2.58. The number of nitrogens with zero attached hydrogens (tertiary/aromatic N) is 2. The van der Waals surface area contributed by atoms with E-state index in [1.165, 1.54) is 12.3 Å². The molecule has 1 unspecified atom stereocenters. The van der Waals surface area contributed by atoms with E-state index in [4.69, 9.17) is 0 Å². The van der Waals surface area contributed by atoms with Gasteiger partial charge in [0.15, 0.2) is 14.9 Å². The van der Waals surface area contributed by atoms with E-state index in [1.54, 1.807) is 12.3 Å². The van der Waals surface area contributed by atoms with Gasteiger partial charge in [0, 0.05) is 29.8 Å². The van der Waals surface area contributed by atoms with Crippen LogP contribution < -0.4 is 0 Å². The van der Waals surface area contributed by atoms with Gasteiger partial charge in [-0.2, -0.15) is 0 Å². The van der Waals surface area contributed by atoms with Gasteiger partial charge in [0.05, 0.1) is 5.69 Å². The van der Waals surface area contributed by atoms with Crippen LogP contribution in [0.3, 0.4) is 0 Å². The van der Waals surface area contributed by atoms with Gasteiger partial charge in [0.2, 0.25) is 0 Å². The van der Waals surface area contributed by atoms with E-state index < -0.39 is 15.9 Å². The van der Waals surface area contributed by atoms with Crippen LogP contribution in [0.5, 0.6) is 0 Å². The maximum absolute atomic E-state index is 11.5. The van der Waals surface area contributed by atoms with Crippen molar-refractivity contribution in [2.75, 3.05) is 6.26 Å². The van der Waals surface area contributed by atoms with Crippen molar-refractivity contribution < 1.29 is 13.5 Å². The van der Waals surface area contributed by atoms with Crippen molar-refractivity contribution in [1.29, 1.82) is 0 Å². The minimum absolute atomic E-state index is 0.00135. The normalized spacial score (nSPS) is 15.7. The fourth-order valence-electron chi connectivity index (χ4n) is 3.04. The number of rotatable bonds is 4. The zero-order chi connectivity index (χ0) is 17.5. The number of hydrogen-bond donors (Lipinski definition) is 1. The van der Waals surface area contributed by atoms with E-state index in [2.05, 4.69) is 23.8 Å². The maximum Gasteiger partial charge on any atom is 0.192 e. The van der Waals surface area contributed by atoms with Crippen molar-refractivity contribution in [3.8, 4) is 0 Å². The average molecular weight is 344 g/mol. The van der Waals surface area contributed by atoms with Gasteiger partial charge in [0.1, 0.15) is 6.10 Å². The minimum Gasteiger partial charge on any atom is -0.384 e. The summed E-state index contributed by atoms with van der Waals surface area (Å²) >= 11 is 0. The second-order valence-electron chi connectivity index (χ2n) is 6.39. The first kappa shape index (κ1) is 16.8. The third-order valence-electron chi connectivity index (χ3n) is 4.30. The van der Waals surface area contributed by atoms with Crippen LogP contribution in [0.1, 0.15) is 36.8 Å². The lowest BCUT2D eigenvalue weighted by Crippen LogP contribution is -2.07. The molecular weight excluding hydrogens is 324 g/mol. The fraction of sp³-hybridized carbons (Fsp3) is 0.333. The minimum atomic E-state index is -3.35. The van der Waals surface area contributed by atoms with Crippen molar-refractivity contribution in [3.63, 3.8) is 0 Å². The Kier molecular flexibility index (Phi) is 4.27. The largest absolute Gasteiger partial charge is 0.384 e. The quantitative estimate of drug-likeness (QED) is 0.922. The molecule has 0 fully saturated rings. The van der Waals surface area contributed by atoms with E-state index in [0.717, 1.165) is 35.1 Å². The summed E-state index contributed by atoms with van der Waals surface area (Å²) in [7, 11) is -3.35. The van der Waals surface area contributed by atoms with Crippen molar-refractivity contribution >= 4 is 15.4 Å². The summed E-state index contributed by atoms with van der Waals surface area (Å²) in [5.41, 5.74) is 4.46. The maximum atomic E-state index is 11.5. The van der Waals surface area contributed by atoms with E-state index in [-0.39, 0.29) is 10.9 Å². The average Bonchev–Trinajstić information content (AvgIpc) is 2.93. The van der Waals surface area contributed by atoms with Crippen LogP contribution in [0.15, 0.2) is 47.3 Å². The van der Waals surface area contributed by atoms with Gasteiger partial charge in [-0.1, -0.05) is 31.6 Å². The number of hydrogen-bond acceptors (Lipinski definition) is 5. The molecule has 0 saturated carbocycles. The van der Waals surface area contributed by atoms with Crippen LogP contribution in [0.25, 0.3) is 5.57 Å². The zero-order valence-electron chi connectivity index (χ0n) is 13.9. The molecule has 0 aromatic carbocycles. The lowest BCUT2D eigenvalue weighted by molar-refractivity contribution is 0.236. The second kappa shape index (κ2) is 6.11. The van der Waals surface area contributed by atoms with E-state index >= 15 is 0 Å². The highest BCUT2D eigenvalue weighted by molar-refractivity contribution is 7.90. The Hall–Kier alpha value is -2.05. The van der Waals surface area contributed by atoms with Crippen molar-refractivity contribution in [1.82, 2.24) is 9.97 Å². The standard InChI is InChI=1S/C18H20N2O3S/c1-11(2)14-9-12-5-4-8-19-17(12)16(14)18(21)13-6-7-15(20-10-13)24(3,22)23/h4-8,10-11,18,21H,9H2,1-3H3. The molecule has 2 heterocycles. The summed E-state index contributed by atoms with van der Waals surface area (Å²) in [5.74, 6) is 0.284. The smallest absolute Gasteiger partial charge is 0.192 e. The molecule has 5 nitrogen and oxygen atoms in total. The summed E-state index contributed by atoms with van der Waals surface area (Å²) in [4.78, 5) is 8.42. The molecule has 0 amide bonds. The Bertz CT molecular complexity index is 900. The molecule has 24 heavy (non-hydrogen) atoms. The first-order valence-corrected chi connectivity index (χ1v) is 9.69. The summed E-state index contributed by atoms with van der Waals surface area (Å²) < 4.78 is 23.1. The molecule has 2 aromatic heterocycles. The van der Waals surface area contributed by atoms with Gasteiger partial charge in [-0.25, -0.2) is 13.4 Å². The first-order valence-electron chi connectivity index (χ1n) is 7.80. The first-order chi connectivity index (χ1) is 11.3. The molecule has 1 aliphatic rings. The molecule has 3 rings (SSSR count). The van der Waals surface area contributed by atoms with Gasteiger partial charge in [-0.15, -0.1) is 0 Å². The molecule has 6 heteroatoms. The number of sulfone groups is 1. The summed E-state index contributed by atoms with van der Waals surface area (Å²) in [6, 6.07) is 6.96. The van der Waals surface area contributed by atoms with Crippen LogP contribution in [0.4, 0.5) is 0 Å². The van der Waals surface area contributed by atoms with Gasteiger partial charge >= 0.3 is 0 Å². The second-order valence-corrected chi connectivity index (χ2v) is 8.35. The number of aromatic nitrogens is 2. The monoisotopic (exact) mass is 344 g/mol. The third-order valence-corrected chi connectivity index (χ3v) is 5.30. The van der Waals surface area contributed by atoms with Crippen molar-refractivity contribution in [2.24, 2.45) is 5.92 Å². The van der Waals surface area contributed by atoms with Gasteiger partial charge in [-0.3, -0.25) is 4.98 Å². The van der Waals surface area contributed by atoms with E-state index in [0.29, 0.717) is 5.56 Å². The molecule has 1 atom stereocenters. The van der Waals surface area contributed by atoms with E-state index in [9.17, 15) is 13.5 Å². The van der Waals surface area contributed by atoms with Gasteiger partial charge in [0.25, 0.3) is 0 Å². The lowest BCUT2D eigenvalue weighted by atomic mass is 9.93. The molecule has 0 aliphatic heterocycles. The highest BCUT2D eigenvalue weighted by Crippen LogP contribution is 2.42. The number of aliphatic hydroxyl groups is 1. The van der Waals surface area contributed by atoms with E-state index in [1.807, 2.05) is 12.1 Å². The molecule has 0 bridgehead atoms. The summed E-state index contributed by atoms with van der Waals surface area (Å²) in [6.45, 7) is 4.19. The van der Waals surface area contributed by atoms with Crippen LogP contribution in [0, 0.1) is 5.92 Å². The molecular formula is C18H20N2O3S. The molecule has 2 aromatic rings. The number of allylic oxidation sites excluding steroid dienone is 1. The Balaban J connectivity index is 2.04. The summed E-state index contributed by atoms with van der Waals surface area (Å²) in [6.07, 6.45) is 4.16. The van der Waals surface area contributed by atoms with Crippen LogP contribution in [-0.4, -0.2) is 29.7 Å². The van der Waals surface area contributed by atoms with Crippen molar-refractivity contribution in [3.05, 3.63) is 59.1 Å². The topological polar surface area (TPSA) is 80.1 Å². The molecule has 126 valence electrons. The third kappa shape index (κ3) is 2.99. The number of fused-ring (bicyclic) bond motifs is 1. The van der Waals surface area contributed by atoms with Crippen LogP contribution in [-0.2, 0) is 16.3 Å². The molecule has 1 aliphatic carbocycles. The Labute approximate surface area is 142 Å². The van der Waals surface area contributed by atoms with Crippen molar-refractivity contribution in [2.45, 2.75) is 31.4 Å². The lowest BCUT2D eigenvalue weighted by Gasteiger charge is -2.17. The highest BCUT2D eigenvalue weighted by atomic mass is 32.2. The van der Waals surface area contributed by atoms with Gasteiger partial charge < -0.3 is 5.11 Å². The Morgan fingerprint density at radius 2 is 1.92 bits per heavy atom. The molecule has 1 N–H and O–H groups in total. The van der Waals surface area contributed by atoms with Gasteiger partial charge in [-0.05, 0) is 30.0 Å². The molecule has 0 saturated heterocycles.